The summed E-state index contributed by atoms with van der Waals surface area (Å²) in [5.74, 6) is -0.345. The first-order chi connectivity index (χ1) is 13.1. The number of hydrogen-bond donors (Lipinski definition) is 0. The van der Waals surface area contributed by atoms with E-state index in [1.807, 2.05) is 13.8 Å². The molecule has 0 unspecified atom stereocenters. The van der Waals surface area contributed by atoms with Gasteiger partial charge in [0.25, 0.3) is 0 Å². The normalized spacial score (nSPS) is 41.7. The van der Waals surface area contributed by atoms with Gasteiger partial charge in [0.05, 0.1) is 18.8 Å². The van der Waals surface area contributed by atoms with Gasteiger partial charge in [0.1, 0.15) is 11.2 Å². The molecule has 0 aromatic carbocycles. The van der Waals surface area contributed by atoms with Crippen LogP contribution in [0.1, 0.15) is 52.9 Å². The van der Waals surface area contributed by atoms with Crippen LogP contribution in [0.4, 0.5) is 0 Å². The van der Waals surface area contributed by atoms with Crippen LogP contribution < -0.4 is 0 Å². The molecule has 2 aliphatic heterocycles. The summed E-state index contributed by atoms with van der Waals surface area (Å²) in [4.78, 5) is 27.1. The summed E-state index contributed by atoms with van der Waals surface area (Å²) in [5, 5.41) is 0. The van der Waals surface area contributed by atoms with Crippen molar-refractivity contribution in [2.45, 2.75) is 64.8 Å². The number of carbonyl (C=O) groups is 2. The molecule has 2 saturated carbocycles. The second-order valence-corrected chi connectivity index (χ2v) is 9.82. The number of Topliss-reactive ketones (excluding diaryl/α,β-unsaturated/α-hetero) is 1. The lowest BCUT2D eigenvalue weighted by Gasteiger charge is -2.58. The predicted octanol–water partition coefficient (Wildman–Crippen LogP) is 3.24. The van der Waals surface area contributed by atoms with Crippen LogP contribution in [0.5, 0.6) is 0 Å². The zero-order valence-electron chi connectivity index (χ0n) is 17.4. The van der Waals surface area contributed by atoms with Gasteiger partial charge in [-0.1, -0.05) is 13.5 Å². The molecule has 2 saturated heterocycles. The summed E-state index contributed by atoms with van der Waals surface area (Å²) in [7, 11) is 1.69. The van der Waals surface area contributed by atoms with E-state index in [1.54, 1.807) is 7.11 Å². The average Bonchev–Trinajstić information content (AvgIpc) is 3.25. The minimum absolute atomic E-state index is 0.00597. The summed E-state index contributed by atoms with van der Waals surface area (Å²) in [6.07, 6.45) is 3.06. The van der Waals surface area contributed by atoms with Gasteiger partial charge in [0, 0.05) is 25.9 Å². The van der Waals surface area contributed by atoms with Gasteiger partial charge in [-0.05, 0) is 50.4 Å². The van der Waals surface area contributed by atoms with E-state index in [4.69, 9.17) is 18.9 Å². The zero-order valence-corrected chi connectivity index (χ0v) is 17.4. The van der Waals surface area contributed by atoms with E-state index in [1.165, 1.54) is 0 Å². The molecule has 28 heavy (non-hydrogen) atoms. The molecule has 2 heterocycles. The van der Waals surface area contributed by atoms with Crippen molar-refractivity contribution in [3.8, 4) is 0 Å². The Morgan fingerprint density at radius 1 is 1.25 bits per heavy atom. The van der Waals surface area contributed by atoms with Crippen LogP contribution in [0, 0.1) is 28.6 Å². The summed E-state index contributed by atoms with van der Waals surface area (Å²) >= 11 is 0. The number of ketones is 1. The summed E-state index contributed by atoms with van der Waals surface area (Å²) in [6, 6.07) is 0. The van der Waals surface area contributed by atoms with Crippen LogP contribution in [-0.4, -0.2) is 44.0 Å². The van der Waals surface area contributed by atoms with Crippen molar-refractivity contribution in [1.82, 2.24) is 0 Å². The van der Waals surface area contributed by atoms with Crippen LogP contribution in [0.25, 0.3) is 0 Å². The molecule has 5 atom stereocenters. The van der Waals surface area contributed by atoms with Gasteiger partial charge in [0.15, 0.2) is 12.1 Å². The minimum atomic E-state index is -1.17. The summed E-state index contributed by atoms with van der Waals surface area (Å²) in [5.41, 5.74) is -1.75. The molecule has 6 heteroatoms. The highest BCUT2D eigenvalue weighted by Crippen LogP contribution is 2.65. The van der Waals surface area contributed by atoms with Crippen LogP contribution in [0.15, 0.2) is 12.3 Å². The molecule has 4 aliphatic rings. The van der Waals surface area contributed by atoms with Gasteiger partial charge in [-0.2, -0.15) is 0 Å². The number of ether oxygens (including phenoxy) is 4. The van der Waals surface area contributed by atoms with E-state index in [2.05, 4.69) is 13.5 Å². The van der Waals surface area contributed by atoms with E-state index >= 15 is 0 Å². The van der Waals surface area contributed by atoms with Gasteiger partial charge < -0.3 is 18.9 Å². The third-order valence-electron chi connectivity index (χ3n) is 8.03. The highest BCUT2D eigenvalue weighted by molar-refractivity contribution is 6.08. The van der Waals surface area contributed by atoms with Crippen molar-refractivity contribution >= 4 is 11.8 Å². The third-order valence-corrected chi connectivity index (χ3v) is 8.03. The number of cyclic esters (lactones) is 1. The van der Waals surface area contributed by atoms with Gasteiger partial charge in [0.2, 0.25) is 0 Å². The number of hydrogen-bond acceptors (Lipinski definition) is 6. The topological polar surface area (TPSA) is 71.1 Å². The van der Waals surface area contributed by atoms with Crippen molar-refractivity contribution in [2.75, 3.05) is 20.3 Å². The Labute approximate surface area is 166 Å². The molecule has 2 aliphatic carbocycles. The summed E-state index contributed by atoms with van der Waals surface area (Å²) in [6.45, 7) is 11.3. The first-order valence-corrected chi connectivity index (χ1v) is 10.4. The number of carbonyl (C=O) groups excluding carboxylic acids is 2. The van der Waals surface area contributed by atoms with Gasteiger partial charge in [-0.15, -0.1) is 0 Å². The molecule has 156 valence electrons. The Balaban J connectivity index is 1.77. The molecule has 1 spiro atoms. The van der Waals surface area contributed by atoms with Gasteiger partial charge >= 0.3 is 5.97 Å². The van der Waals surface area contributed by atoms with Crippen molar-refractivity contribution < 1.29 is 28.5 Å². The summed E-state index contributed by atoms with van der Waals surface area (Å²) < 4.78 is 22.6. The van der Waals surface area contributed by atoms with Crippen LogP contribution in [0.2, 0.25) is 0 Å². The highest BCUT2D eigenvalue weighted by Gasteiger charge is 2.69. The molecule has 4 rings (SSSR count). The van der Waals surface area contributed by atoms with Crippen molar-refractivity contribution in [2.24, 2.45) is 28.6 Å². The molecule has 6 nitrogen and oxygen atoms in total. The molecule has 0 amide bonds. The van der Waals surface area contributed by atoms with E-state index in [-0.39, 0.29) is 41.7 Å². The Kier molecular flexibility index (Phi) is 4.76. The fraction of sp³-hybridized carbons (Fsp3) is 0.818. The highest BCUT2D eigenvalue weighted by atomic mass is 16.7. The molecular weight excluding hydrogens is 360 g/mol. The third kappa shape index (κ3) is 2.79. The van der Waals surface area contributed by atoms with E-state index in [9.17, 15) is 9.59 Å². The Morgan fingerprint density at radius 2 is 1.93 bits per heavy atom. The Hall–Kier alpha value is -1.24. The minimum Gasteiger partial charge on any atom is -0.431 e. The first-order valence-electron chi connectivity index (χ1n) is 10.4. The zero-order chi connectivity index (χ0) is 20.3. The SMILES string of the molecule is C=C1C[C@@]2(C(=O)O1)C(=O)[C@H]1C[C@](C)(CC[C@H]1C(C)(C)OC)[C@H]2CC1OCCO1. The van der Waals surface area contributed by atoms with Crippen LogP contribution in [-0.2, 0) is 28.5 Å². The Bertz CT molecular complexity index is 693. The number of rotatable bonds is 4. The monoisotopic (exact) mass is 392 g/mol. The maximum absolute atomic E-state index is 13.9. The van der Waals surface area contributed by atoms with Crippen molar-refractivity contribution in [3.63, 3.8) is 0 Å². The molecule has 0 radical (unpaired) electrons. The van der Waals surface area contributed by atoms with Gasteiger partial charge in [-0.25, -0.2) is 0 Å². The predicted molar refractivity (Wildman–Crippen MR) is 101 cm³/mol. The average molecular weight is 392 g/mol. The molecule has 4 fully saturated rings. The number of methoxy groups -OCH3 is 1. The maximum Gasteiger partial charge on any atom is 0.325 e. The standard InChI is InChI=1S/C22H32O6/c1-13-11-22(19(24)28-13)16(10-17-26-8-9-27-17)21(4)7-6-15(20(2,3)25-5)14(12-21)18(22)23/h14-17H,1,6-12H2,2-5H3/t14-,15+,16+,21-,22-/m0/s1. The number of fused-ring (bicyclic) bond motifs is 2. The second-order valence-electron chi connectivity index (χ2n) is 9.82. The smallest absolute Gasteiger partial charge is 0.325 e. The van der Waals surface area contributed by atoms with E-state index in [0.29, 0.717) is 25.4 Å². The van der Waals surface area contributed by atoms with Crippen molar-refractivity contribution in [3.05, 3.63) is 12.3 Å². The van der Waals surface area contributed by atoms with Crippen LogP contribution in [0.3, 0.4) is 0 Å². The maximum atomic E-state index is 13.9. The fourth-order valence-corrected chi connectivity index (χ4v) is 6.42. The van der Waals surface area contributed by atoms with Crippen LogP contribution >= 0.6 is 0 Å². The molecule has 0 aromatic rings. The molecule has 2 bridgehead atoms. The number of allylic oxidation sites excluding steroid dienone is 1. The van der Waals surface area contributed by atoms with E-state index < -0.39 is 17.0 Å². The Morgan fingerprint density at radius 3 is 2.50 bits per heavy atom. The number of esters is 1. The molecular formula is C22H32O6. The lowest BCUT2D eigenvalue weighted by atomic mass is 9.44. The second kappa shape index (κ2) is 6.64. The van der Waals surface area contributed by atoms with E-state index in [0.717, 1.165) is 19.3 Å². The molecule has 0 aromatic heterocycles. The lowest BCUT2D eigenvalue weighted by molar-refractivity contribution is -0.188. The van der Waals surface area contributed by atoms with Crippen molar-refractivity contribution in [1.29, 1.82) is 0 Å². The fourth-order valence-electron chi connectivity index (χ4n) is 6.42. The first kappa shape index (κ1) is 20.0. The molecule has 0 N–H and O–H groups in total. The lowest BCUT2D eigenvalue weighted by Crippen LogP contribution is -2.62. The largest absolute Gasteiger partial charge is 0.431 e. The van der Waals surface area contributed by atoms with Gasteiger partial charge in [-0.3, -0.25) is 9.59 Å². The quantitative estimate of drug-likeness (QED) is 0.540.